The second-order valence-corrected chi connectivity index (χ2v) is 7.90. The first-order chi connectivity index (χ1) is 8.69. The van der Waals surface area contributed by atoms with Crippen LogP contribution in [0.1, 0.15) is 56.1 Å². The molecule has 4 heteroatoms. The molecule has 0 radical (unpaired) electrons. The van der Waals surface area contributed by atoms with Gasteiger partial charge in [0, 0.05) is 29.9 Å². The highest BCUT2D eigenvalue weighted by Crippen LogP contribution is 2.26. The van der Waals surface area contributed by atoms with Gasteiger partial charge in [-0.15, -0.1) is 11.3 Å². The van der Waals surface area contributed by atoms with Gasteiger partial charge in [0.1, 0.15) is 0 Å². The molecule has 0 fully saturated rings. The molecule has 0 unspecified atom stereocenters. The van der Waals surface area contributed by atoms with E-state index in [4.69, 9.17) is 4.98 Å². The monoisotopic (exact) mass is 283 g/mol. The highest BCUT2D eigenvalue weighted by atomic mass is 32.1. The van der Waals surface area contributed by atoms with Crippen LogP contribution in [0.15, 0.2) is 0 Å². The molecule has 0 aliphatic carbocycles. The quantitative estimate of drug-likeness (QED) is 0.868. The molecule has 0 aromatic carbocycles. The third-order valence-electron chi connectivity index (χ3n) is 2.87. The van der Waals surface area contributed by atoms with Crippen LogP contribution < -0.4 is 5.32 Å². The summed E-state index contributed by atoms with van der Waals surface area (Å²) in [7, 11) is 4.22. The van der Waals surface area contributed by atoms with Gasteiger partial charge in [0.05, 0.1) is 10.7 Å². The van der Waals surface area contributed by atoms with Crippen LogP contribution in [0.2, 0.25) is 0 Å². The first-order valence-corrected chi connectivity index (χ1v) is 7.89. The summed E-state index contributed by atoms with van der Waals surface area (Å²) in [6.07, 6.45) is 1.05. The van der Waals surface area contributed by atoms with Crippen molar-refractivity contribution in [3.05, 3.63) is 15.6 Å². The summed E-state index contributed by atoms with van der Waals surface area (Å²) in [6.45, 7) is 13.1. The average molecular weight is 283 g/mol. The summed E-state index contributed by atoms with van der Waals surface area (Å²) in [5.74, 6) is 0.501. The van der Waals surface area contributed by atoms with Gasteiger partial charge in [0.15, 0.2) is 0 Å². The van der Waals surface area contributed by atoms with E-state index in [1.165, 1.54) is 15.6 Å². The van der Waals surface area contributed by atoms with Crippen molar-refractivity contribution in [3.8, 4) is 0 Å². The van der Waals surface area contributed by atoms with Crippen LogP contribution in [0.3, 0.4) is 0 Å². The molecule has 0 saturated carbocycles. The van der Waals surface area contributed by atoms with E-state index in [0.29, 0.717) is 5.92 Å². The molecule has 0 atom stereocenters. The van der Waals surface area contributed by atoms with E-state index in [1.54, 1.807) is 0 Å². The van der Waals surface area contributed by atoms with Gasteiger partial charge in [0.2, 0.25) is 0 Å². The lowest BCUT2D eigenvalue weighted by Crippen LogP contribution is -2.35. The predicted octanol–water partition coefficient (Wildman–Crippen LogP) is 3.26. The summed E-state index contributed by atoms with van der Waals surface area (Å²) in [5, 5.41) is 4.84. The van der Waals surface area contributed by atoms with Crippen LogP contribution in [0.25, 0.3) is 0 Å². The number of hydrogen-bond donors (Lipinski definition) is 1. The van der Waals surface area contributed by atoms with Gasteiger partial charge in [0.25, 0.3) is 0 Å². The van der Waals surface area contributed by atoms with Crippen molar-refractivity contribution in [2.45, 2.75) is 59.0 Å². The maximum Gasteiger partial charge on any atom is 0.0944 e. The Morgan fingerprint density at radius 1 is 1.26 bits per heavy atom. The van der Waals surface area contributed by atoms with Crippen LogP contribution in [0.4, 0.5) is 0 Å². The largest absolute Gasteiger partial charge is 0.309 e. The second-order valence-electron chi connectivity index (χ2n) is 6.73. The third-order valence-corrected chi connectivity index (χ3v) is 4.00. The van der Waals surface area contributed by atoms with Gasteiger partial charge in [-0.2, -0.15) is 0 Å². The van der Waals surface area contributed by atoms with E-state index >= 15 is 0 Å². The number of nitrogens with one attached hydrogen (secondary N) is 1. The van der Waals surface area contributed by atoms with Gasteiger partial charge in [-0.1, -0.05) is 13.8 Å². The third kappa shape index (κ3) is 6.02. The highest BCUT2D eigenvalue weighted by molar-refractivity contribution is 7.11. The first-order valence-electron chi connectivity index (χ1n) is 7.07. The predicted molar refractivity (Wildman–Crippen MR) is 85.1 cm³/mol. The Morgan fingerprint density at radius 3 is 2.37 bits per heavy atom. The molecule has 1 heterocycles. The average Bonchev–Trinajstić information content (AvgIpc) is 2.66. The number of likely N-dealkylation sites (N-methyl/N-ethyl adjacent to an activating group) is 1. The zero-order valence-corrected chi connectivity index (χ0v) is 14.3. The van der Waals surface area contributed by atoms with Gasteiger partial charge in [-0.3, -0.25) is 0 Å². The smallest absolute Gasteiger partial charge is 0.0944 e. The lowest BCUT2D eigenvalue weighted by Gasteiger charge is -2.20. The fourth-order valence-electron chi connectivity index (χ4n) is 1.76. The summed E-state index contributed by atoms with van der Waals surface area (Å²) in [5.41, 5.74) is 1.43. The molecular formula is C15H29N3S. The van der Waals surface area contributed by atoms with Crippen molar-refractivity contribution in [2.24, 2.45) is 0 Å². The summed E-state index contributed by atoms with van der Waals surface area (Å²) in [6, 6.07) is 0. The SMILES string of the molecule is CC(C)c1nc(CCN(C)C)sc1CNC(C)(C)C. The first kappa shape index (κ1) is 16.6. The van der Waals surface area contributed by atoms with Crippen LogP contribution in [-0.4, -0.2) is 36.1 Å². The minimum absolute atomic E-state index is 0.155. The minimum Gasteiger partial charge on any atom is -0.309 e. The zero-order chi connectivity index (χ0) is 14.6. The normalized spacial score (nSPS) is 12.7. The Balaban J connectivity index is 2.77. The molecule has 1 aromatic heterocycles. The lowest BCUT2D eigenvalue weighted by atomic mass is 10.1. The molecule has 0 spiro atoms. The summed E-state index contributed by atoms with van der Waals surface area (Å²) in [4.78, 5) is 8.45. The zero-order valence-electron chi connectivity index (χ0n) is 13.5. The molecule has 1 N–H and O–H groups in total. The number of nitrogens with zero attached hydrogens (tertiary/aromatic N) is 2. The molecule has 0 amide bonds. The Labute approximate surface area is 122 Å². The van der Waals surface area contributed by atoms with E-state index in [-0.39, 0.29) is 5.54 Å². The van der Waals surface area contributed by atoms with Crippen LogP contribution in [0.5, 0.6) is 0 Å². The fourth-order valence-corrected chi connectivity index (χ4v) is 2.92. The number of hydrogen-bond acceptors (Lipinski definition) is 4. The van der Waals surface area contributed by atoms with Crippen molar-refractivity contribution in [1.29, 1.82) is 0 Å². The van der Waals surface area contributed by atoms with E-state index in [9.17, 15) is 0 Å². The van der Waals surface area contributed by atoms with E-state index in [0.717, 1.165) is 19.5 Å². The Morgan fingerprint density at radius 2 is 1.89 bits per heavy atom. The van der Waals surface area contributed by atoms with Crippen molar-refractivity contribution >= 4 is 11.3 Å². The molecule has 0 aliphatic heterocycles. The molecular weight excluding hydrogens is 254 g/mol. The van der Waals surface area contributed by atoms with Crippen molar-refractivity contribution < 1.29 is 0 Å². The van der Waals surface area contributed by atoms with Gasteiger partial charge >= 0.3 is 0 Å². The Bertz CT molecular complexity index is 389. The lowest BCUT2D eigenvalue weighted by molar-refractivity contribution is 0.413. The van der Waals surface area contributed by atoms with Gasteiger partial charge < -0.3 is 10.2 Å². The highest BCUT2D eigenvalue weighted by Gasteiger charge is 2.16. The van der Waals surface area contributed by atoms with Crippen LogP contribution in [0, 0.1) is 0 Å². The topological polar surface area (TPSA) is 28.2 Å². The summed E-state index contributed by atoms with van der Waals surface area (Å²) < 4.78 is 0. The maximum atomic E-state index is 4.83. The number of thiazole rings is 1. The van der Waals surface area contributed by atoms with E-state index in [2.05, 4.69) is 58.9 Å². The van der Waals surface area contributed by atoms with Gasteiger partial charge in [-0.05, 0) is 40.8 Å². The number of rotatable bonds is 6. The van der Waals surface area contributed by atoms with Crippen LogP contribution >= 0.6 is 11.3 Å². The molecule has 0 saturated heterocycles. The molecule has 0 aliphatic rings. The van der Waals surface area contributed by atoms with Crippen molar-refractivity contribution in [1.82, 2.24) is 15.2 Å². The summed E-state index contributed by atoms with van der Waals surface area (Å²) >= 11 is 1.87. The van der Waals surface area contributed by atoms with E-state index in [1.807, 2.05) is 11.3 Å². The molecule has 3 nitrogen and oxygen atoms in total. The van der Waals surface area contributed by atoms with Gasteiger partial charge in [-0.25, -0.2) is 4.98 Å². The minimum atomic E-state index is 0.155. The molecule has 0 bridgehead atoms. The fraction of sp³-hybridized carbons (Fsp3) is 0.800. The Kier molecular flexibility index (Phi) is 5.96. The van der Waals surface area contributed by atoms with Crippen molar-refractivity contribution in [2.75, 3.05) is 20.6 Å². The number of aromatic nitrogens is 1. The van der Waals surface area contributed by atoms with Crippen molar-refractivity contribution in [3.63, 3.8) is 0 Å². The molecule has 110 valence electrons. The van der Waals surface area contributed by atoms with E-state index < -0.39 is 0 Å². The molecule has 1 aromatic rings. The Hall–Kier alpha value is -0.450. The standard InChI is InChI=1S/C15H29N3S/c1-11(2)14-12(10-16-15(3,4)5)19-13(17-14)8-9-18(6)7/h11,16H,8-10H2,1-7H3. The second kappa shape index (κ2) is 6.82. The molecule has 19 heavy (non-hydrogen) atoms. The molecule has 1 rings (SSSR count). The van der Waals surface area contributed by atoms with Crippen LogP contribution in [-0.2, 0) is 13.0 Å². The maximum absolute atomic E-state index is 4.83.